The molecule has 0 atom stereocenters. The zero-order valence-corrected chi connectivity index (χ0v) is 10.2. The predicted octanol–water partition coefficient (Wildman–Crippen LogP) is 4.54. The number of nitrogens with zero attached hydrogens (tertiary/aromatic N) is 1. The van der Waals surface area contributed by atoms with Crippen LogP contribution in [0.15, 0.2) is 54.6 Å². The lowest BCUT2D eigenvalue weighted by atomic mass is 10.2. The van der Waals surface area contributed by atoms with E-state index in [-0.39, 0.29) is 5.82 Å². The average molecular weight is 253 g/mol. The van der Waals surface area contributed by atoms with Gasteiger partial charge in [0.25, 0.3) is 0 Å². The maximum atomic E-state index is 12.7. The number of nitriles is 1. The Morgan fingerprint density at radius 3 is 2.16 bits per heavy atom. The molecular formula is C16H12FNO. The molecule has 0 radical (unpaired) electrons. The molecule has 0 heterocycles. The van der Waals surface area contributed by atoms with Gasteiger partial charge in [0.05, 0.1) is 12.5 Å². The number of rotatable bonds is 4. The molecule has 0 saturated heterocycles. The molecule has 0 aliphatic heterocycles. The molecule has 0 aliphatic carbocycles. The van der Waals surface area contributed by atoms with Crippen molar-refractivity contribution in [2.45, 2.75) is 6.42 Å². The van der Waals surface area contributed by atoms with Crippen LogP contribution in [-0.2, 0) is 0 Å². The fourth-order valence-electron chi connectivity index (χ4n) is 1.53. The van der Waals surface area contributed by atoms with E-state index in [1.54, 1.807) is 18.2 Å². The van der Waals surface area contributed by atoms with Gasteiger partial charge in [-0.25, -0.2) is 4.39 Å². The maximum absolute atomic E-state index is 12.7. The van der Waals surface area contributed by atoms with Crippen molar-refractivity contribution in [2.75, 3.05) is 0 Å². The highest BCUT2D eigenvalue weighted by Gasteiger charge is 1.97. The van der Waals surface area contributed by atoms with Gasteiger partial charge in [0.2, 0.25) is 0 Å². The number of halogens is 1. The van der Waals surface area contributed by atoms with Crippen LogP contribution in [0.4, 0.5) is 4.39 Å². The van der Waals surface area contributed by atoms with Gasteiger partial charge >= 0.3 is 0 Å². The minimum atomic E-state index is -0.287. The summed E-state index contributed by atoms with van der Waals surface area (Å²) in [5, 5.41) is 8.42. The normalized spacial score (nSPS) is 10.3. The van der Waals surface area contributed by atoms with E-state index in [4.69, 9.17) is 10.00 Å². The van der Waals surface area contributed by atoms with Crippen LogP contribution in [-0.4, -0.2) is 0 Å². The molecule has 0 spiro atoms. The molecule has 0 aromatic heterocycles. The molecule has 0 N–H and O–H groups in total. The molecule has 19 heavy (non-hydrogen) atoms. The lowest BCUT2D eigenvalue weighted by Gasteiger charge is -2.05. The Labute approximate surface area is 111 Å². The van der Waals surface area contributed by atoms with Gasteiger partial charge in [0.15, 0.2) is 0 Å². The van der Waals surface area contributed by atoms with Gasteiger partial charge in [0, 0.05) is 0 Å². The Kier molecular flexibility index (Phi) is 4.30. The average Bonchev–Trinajstić information content (AvgIpc) is 2.44. The standard InChI is InChI=1S/C16H12FNO/c17-14-6-10-16(11-7-14)19-15-8-4-13(5-9-15)3-1-2-12-18/h1,3-11H,2H2/b3-1+. The van der Waals surface area contributed by atoms with Crippen LogP contribution < -0.4 is 4.74 Å². The van der Waals surface area contributed by atoms with Crippen LogP contribution in [0.1, 0.15) is 12.0 Å². The largest absolute Gasteiger partial charge is 0.457 e. The molecule has 0 saturated carbocycles. The van der Waals surface area contributed by atoms with Crippen molar-refractivity contribution in [2.24, 2.45) is 0 Å². The number of hydrogen-bond acceptors (Lipinski definition) is 2. The van der Waals surface area contributed by atoms with Gasteiger partial charge in [-0.1, -0.05) is 24.3 Å². The summed E-state index contributed by atoms with van der Waals surface area (Å²) in [5.41, 5.74) is 1.00. The van der Waals surface area contributed by atoms with Gasteiger partial charge < -0.3 is 4.74 Å². The summed E-state index contributed by atoms with van der Waals surface area (Å²) in [5.74, 6) is 0.989. The summed E-state index contributed by atoms with van der Waals surface area (Å²) in [6, 6.07) is 15.4. The van der Waals surface area contributed by atoms with Crippen molar-refractivity contribution in [3.8, 4) is 17.6 Å². The molecule has 3 heteroatoms. The third kappa shape index (κ3) is 3.97. The summed E-state index contributed by atoms with van der Waals surface area (Å²) >= 11 is 0. The van der Waals surface area contributed by atoms with Gasteiger partial charge in [-0.3, -0.25) is 0 Å². The lowest BCUT2D eigenvalue weighted by Crippen LogP contribution is -1.84. The first-order valence-electron chi connectivity index (χ1n) is 5.85. The van der Waals surface area contributed by atoms with E-state index in [0.29, 0.717) is 17.9 Å². The highest BCUT2D eigenvalue weighted by molar-refractivity contribution is 5.51. The van der Waals surface area contributed by atoms with Crippen LogP contribution in [0.5, 0.6) is 11.5 Å². The van der Waals surface area contributed by atoms with Crippen molar-refractivity contribution in [1.29, 1.82) is 5.26 Å². The number of allylic oxidation sites excluding steroid dienone is 1. The first-order chi connectivity index (χ1) is 9.28. The monoisotopic (exact) mass is 253 g/mol. The molecule has 94 valence electrons. The molecule has 0 unspecified atom stereocenters. The van der Waals surface area contributed by atoms with Crippen molar-refractivity contribution in [1.82, 2.24) is 0 Å². The molecule has 2 nitrogen and oxygen atoms in total. The third-order valence-electron chi connectivity index (χ3n) is 2.45. The first kappa shape index (κ1) is 12.8. The van der Waals surface area contributed by atoms with Gasteiger partial charge in [-0.05, 0) is 42.0 Å². The summed E-state index contributed by atoms with van der Waals surface area (Å²) in [7, 11) is 0. The molecule has 2 rings (SSSR count). The number of hydrogen-bond donors (Lipinski definition) is 0. The highest BCUT2D eigenvalue weighted by Crippen LogP contribution is 2.22. The molecule has 0 amide bonds. The summed E-state index contributed by atoms with van der Waals surface area (Å²) < 4.78 is 18.3. The van der Waals surface area contributed by atoms with E-state index in [1.807, 2.05) is 36.4 Å². The second-order valence-electron chi connectivity index (χ2n) is 3.89. The Bertz CT molecular complexity index is 594. The lowest BCUT2D eigenvalue weighted by molar-refractivity contribution is 0.480. The number of ether oxygens (including phenoxy) is 1. The predicted molar refractivity (Wildman–Crippen MR) is 72.2 cm³/mol. The topological polar surface area (TPSA) is 33.0 Å². The van der Waals surface area contributed by atoms with Crippen molar-refractivity contribution in [3.05, 3.63) is 66.0 Å². The van der Waals surface area contributed by atoms with E-state index in [0.717, 1.165) is 5.56 Å². The Morgan fingerprint density at radius 1 is 1.00 bits per heavy atom. The van der Waals surface area contributed by atoms with Gasteiger partial charge in [-0.2, -0.15) is 5.26 Å². The molecule has 2 aromatic carbocycles. The molecular weight excluding hydrogens is 241 g/mol. The van der Waals surface area contributed by atoms with Crippen molar-refractivity contribution < 1.29 is 9.13 Å². The van der Waals surface area contributed by atoms with E-state index in [2.05, 4.69) is 0 Å². The SMILES string of the molecule is N#CC/C=C/c1ccc(Oc2ccc(F)cc2)cc1. The molecule has 0 fully saturated rings. The van der Waals surface area contributed by atoms with E-state index in [1.165, 1.54) is 12.1 Å². The zero-order chi connectivity index (χ0) is 13.5. The Hall–Kier alpha value is -2.60. The fourth-order valence-corrected chi connectivity index (χ4v) is 1.53. The fraction of sp³-hybridized carbons (Fsp3) is 0.0625. The third-order valence-corrected chi connectivity index (χ3v) is 2.45. The summed E-state index contributed by atoms with van der Waals surface area (Å²) in [4.78, 5) is 0. The maximum Gasteiger partial charge on any atom is 0.127 e. The van der Waals surface area contributed by atoms with E-state index < -0.39 is 0 Å². The molecule has 2 aromatic rings. The second kappa shape index (κ2) is 6.36. The van der Waals surface area contributed by atoms with Crippen LogP contribution in [0, 0.1) is 17.1 Å². The minimum absolute atomic E-state index is 0.287. The quantitative estimate of drug-likeness (QED) is 0.801. The van der Waals surface area contributed by atoms with Crippen LogP contribution in [0.25, 0.3) is 6.08 Å². The van der Waals surface area contributed by atoms with E-state index in [9.17, 15) is 4.39 Å². The Balaban J connectivity index is 2.02. The smallest absolute Gasteiger partial charge is 0.127 e. The van der Waals surface area contributed by atoms with Gasteiger partial charge in [-0.15, -0.1) is 0 Å². The van der Waals surface area contributed by atoms with Crippen LogP contribution in [0.2, 0.25) is 0 Å². The summed E-state index contributed by atoms with van der Waals surface area (Å²) in [6.45, 7) is 0. The van der Waals surface area contributed by atoms with E-state index >= 15 is 0 Å². The van der Waals surface area contributed by atoms with Gasteiger partial charge in [0.1, 0.15) is 17.3 Å². The van der Waals surface area contributed by atoms with Crippen LogP contribution >= 0.6 is 0 Å². The zero-order valence-electron chi connectivity index (χ0n) is 10.2. The molecule has 0 aliphatic rings. The second-order valence-corrected chi connectivity index (χ2v) is 3.89. The molecule has 0 bridgehead atoms. The summed E-state index contributed by atoms with van der Waals surface area (Å²) in [6.07, 6.45) is 4.08. The van der Waals surface area contributed by atoms with Crippen molar-refractivity contribution >= 4 is 6.08 Å². The Morgan fingerprint density at radius 2 is 1.58 bits per heavy atom. The van der Waals surface area contributed by atoms with Crippen LogP contribution in [0.3, 0.4) is 0 Å². The minimum Gasteiger partial charge on any atom is -0.457 e. The first-order valence-corrected chi connectivity index (χ1v) is 5.85. The van der Waals surface area contributed by atoms with Crippen molar-refractivity contribution in [3.63, 3.8) is 0 Å². The number of benzene rings is 2. The highest BCUT2D eigenvalue weighted by atomic mass is 19.1.